The average molecular weight is 328 g/mol. The van der Waals surface area contributed by atoms with Crippen LogP contribution in [-0.4, -0.2) is 5.11 Å². The molecule has 0 bridgehead atoms. The van der Waals surface area contributed by atoms with Crippen LogP contribution in [-0.2, 0) is 6.54 Å². The van der Waals surface area contributed by atoms with E-state index in [9.17, 15) is 5.11 Å². The largest absolute Gasteiger partial charge is 0.476 e. The molecule has 1 aromatic heterocycles. The molecule has 0 amide bonds. The Balaban J connectivity index is 1.91. The monoisotopic (exact) mass is 328 g/mol. The Kier molecular flexibility index (Phi) is 4.05. The first-order valence-corrected chi connectivity index (χ1v) is 8.23. The van der Waals surface area contributed by atoms with Crippen LogP contribution in [0, 0.1) is 0 Å². The minimum atomic E-state index is -0.0685. The normalized spacial score (nSPS) is 10.7. The first kappa shape index (κ1) is 15.2. The maximum absolute atomic E-state index is 10.5. The van der Waals surface area contributed by atoms with Crippen LogP contribution in [0.15, 0.2) is 95.4 Å². The van der Waals surface area contributed by atoms with Crippen LogP contribution in [0.2, 0.25) is 0 Å². The summed E-state index contributed by atoms with van der Waals surface area (Å²) in [5, 5.41) is 10.5. The van der Waals surface area contributed by atoms with Crippen molar-refractivity contribution in [2.45, 2.75) is 6.54 Å². The van der Waals surface area contributed by atoms with E-state index in [0.29, 0.717) is 18.1 Å². The lowest BCUT2D eigenvalue weighted by atomic mass is 10.1. The zero-order chi connectivity index (χ0) is 17.1. The molecule has 0 fully saturated rings. The molecule has 0 aliphatic rings. The third-order valence-corrected chi connectivity index (χ3v) is 4.16. The van der Waals surface area contributed by atoms with Crippen LogP contribution in [0.25, 0.3) is 22.7 Å². The van der Waals surface area contributed by atoms with E-state index in [1.807, 2.05) is 83.4 Å². The second-order valence-corrected chi connectivity index (χ2v) is 5.86. The van der Waals surface area contributed by atoms with E-state index in [-0.39, 0.29) is 5.95 Å². The molecule has 25 heavy (non-hydrogen) atoms. The van der Waals surface area contributed by atoms with Gasteiger partial charge in [0, 0.05) is 5.56 Å². The first-order chi connectivity index (χ1) is 12.3. The lowest BCUT2D eigenvalue weighted by Crippen LogP contribution is -2.36. The molecule has 0 spiro atoms. The molecule has 4 rings (SSSR count). The van der Waals surface area contributed by atoms with E-state index in [0.717, 1.165) is 16.7 Å². The summed E-state index contributed by atoms with van der Waals surface area (Å²) < 4.78 is 7.80. The van der Waals surface area contributed by atoms with Crippen molar-refractivity contribution in [3.05, 3.63) is 96.6 Å². The Morgan fingerprint density at radius 2 is 1.20 bits per heavy atom. The van der Waals surface area contributed by atoms with Crippen molar-refractivity contribution in [3.8, 4) is 28.7 Å². The number of rotatable bonds is 4. The highest BCUT2D eigenvalue weighted by atomic mass is 16.5. The van der Waals surface area contributed by atoms with Gasteiger partial charge in [-0.3, -0.25) is 0 Å². The first-order valence-electron chi connectivity index (χ1n) is 8.23. The predicted octanol–water partition coefficient (Wildman–Crippen LogP) is 4.66. The maximum Gasteiger partial charge on any atom is 0.384 e. The fraction of sp³-hybridized carbons (Fsp3) is 0.0455. The summed E-state index contributed by atoms with van der Waals surface area (Å²) in [6, 6.07) is 29.8. The molecule has 3 nitrogen and oxygen atoms in total. The van der Waals surface area contributed by atoms with Gasteiger partial charge in [-0.15, -0.1) is 4.57 Å². The molecule has 0 unspecified atom stereocenters. The van der Waals surface area contributed by atoms with E-state index in [4.69, 9.17) is 4.42 Å². The molecule has 3 aromatic carbocycles. The lowest BCUT2D eigenvalue weighted by Gasteiger charge is -2.01. The van der Waals surface area contributed by atoms with E-state index >= 15 is 0 Å². The summed E-state index contributed by atoms with van der Waals surface area (Å²) >= 11 is 0. The van der Waals surface area contributed by atoms with Gasteiger partial charge in [-0.25, -0.2) is 0 Å². The van der Waals surface area contributed by atoms with E-state index in [1.54, 1.807) is 0 Å². The number of oxazole rings is 1. The van der Waals surface area contributed by atoms with Gasteiger partial charge in [0.05, 0.1) is 11.1 Å². The topological polar surface area (TPSA) is 37.3 Å². The van der Waals surface area contributed by atoms with Crippen LogP contribution in [0.4, 0.5) is 0 Å². The van der Waals surface area contributed by atoms with Crippen molar-refractivity contribution < 1.29 is 14.1 Å². The Morgan fingerprint density at radius 1 is 0.680 bits per heavy atom. The molecule has 0 radical (unpaired) electrons. The molecular weight excluding hydrogens is 310 g/mol. The Bertz CT molecular complexity index is 961. The van der Waals surface area contributed by atoms with Crippen molar-refractivity contribution in [1.29, 1.82) is 0 Å². The summed E-state index contributed by atoms with van der Waals surface area (Å²) in [4.78, 5) is 0. The van der Waals surface area contributed by atoms with Crippen molar-refractivity contribution >= 4 is 0 Å². The van der Waals surface area contributed by atoms with Crippen molar-refractivity contribution in [2.75, 3.05) is 0 Å². The van der Waals surface area contributed by atoms with Gasteiger partial charge in [0.25, 0.3) is 5.69 Å². The molecule has 0 aliphatic heterocycles. The minimum absolute atomic E-state index is 0.0685. The van der Waals surface area contributed by atoms with E-state index in [1.165, 1.54) is 0 Å². The fourth-order valence-electron chi connectivity index (χ4n) is 3.00. The summed E-state index contributed by atoms with van der Waals surface area (Å²) in [6.45, 7) is 0.610. The number of benzene rings is 3. The summed E-state index contributed by atoms with van der Waals surface area (Å²) in [5.74, 6) is 0.571. The zero-order valence-electron chi connectivity index (χ0n) is 13.7. The van der Waals surface area contributed by atoms with Crippen molar-refractivity contribution in [2.24, 2.45) is 0 Å². The van der Waals surface area contributed by atoms with Crippen LogP contribution in [0.5, 0.6) is 5.95 Å². The van der Waals surface area contributed by atoms with Crippen LogP contribution in [0.1, 0.15) is 5.56 Å². The molecule has 1 heterocycles. The molecule has 122 valence electrons. The molecular formula is C22H18NO2+. The number of nitrogens with zero attached hydrogens (tertiary/aromatic N) is 1. The Labute approximate surface area is 146 Å². The molecule has 4 aromatic rings. The van der Waals surface area contributed by atoms with Gasteiger partial charge in [-0.2, -0.15) is 0 Å². The second kappa shape index (κ2) is 6.65. The van der Waals surface area contributed by atoms with E-state index < -0.39 is 0 Å². The summed E-state index contributed by atoms with van der Waals surface area (Å²) in [7, 11) is 0. The third-order valence-electron chi connectivity index (χ3n) is 4.16. The molecule has 0 atom stereocenters. The zero-order valence-corrected chi connectivity index (χ0v) is 13.7. The fourth-order valence-corrected chi connectivity index (χ4v) is 3.00. The van der Waals surface area contributed by atoms with Gasteiger partial charge >= 0.3 is 11.8 Å². The van der Waals surface area contributed by atoms with Crippen molar-refractivity contribution in [3.63, 3.8) is 0 Å². The standard InChI is InChI=1S/C22H17NO2/c24-22-20(18-12-6-2-7-13-18)23(16-17-10-4-1-5-11-17)21(25-22)19-14-8-3-9-15-19/h1-15H,16H2/p+1. The molecule has 0 saturated carbocycles. The second-order valence-electron chi connectivity index (χ2n) is 5.86. The predicted molar refractivity (Wildman–Crippen MR) is 97.0 cm³/mol. The maximum atomic E-state index is 10.5. The van der Waals surface area contributed by atoms with Gasteiger partial charge in [0.2, 0.25) is 0 Å². The minimum Gasteiger partial charge on any atom is -0.476 e. The van der Waals surface area contributed by atoms with Gasteiger partial charge in [-0.1, -0.05) is 66.7 Å². The molecule has 0 aliphatic carbocycles. The lowest BCUT2D eigenvalue weighted by molar-refractivity contribution is -0.669. The number of aromatic nitrogens is 1. The van der Waals surface area contributed by atoms with Crippen LogP contribution in [0.3, 0.4) is 0 Å². The SMILES string of the molecule is Oc1oc(-c2ccccc2)[n+](Cc2ccccc2)c1-c1ccccc1. The molecule has 0 saturated heterocycles. The number of aromatic hydroxyl groups is 1. The summed E-state index contributed by atoms with van der Waals surface area (Å²) in [5.41, 5.74) is 3.67. The summed E-state index contributed by atoms with van der Waals surface area (Å²) in [6.07, 6.45) is 0. The number of hydrogen-bond acceptors (Lipinski definition) is 2. The molecule has 3 heteroatoms. The quantitative estimate of drug-likeness (QED) is 0.553. The van der Waals surface area contributed by atoms with Crippen LogP contribution < -0.4 is 4.57 Å². The Morgan fingerprint density at radius 3 is 1.80 bits per heavy atom. The smallest absolute Gasteiger partial charge is 0.384 e. The highest BCUT2D eigenvalue weighted by molar-refractivity contribution is 5.63. The average Bonchev–Trinajstić information content (AvgIpc) is 3.00. The van der Waals surface area contributed by atoms with Gasteiger partial charge in [0.15, 0.2) is 6.54 Å². The van der Waals surface area contributed by atoms with Crippen molar-refractivity contribution in [1.82, 2.24) is 0 Å². The third kappa shape index (κ3) is 3.04. The highest BCUT2D eigenvalue weighted by Crippen LogP contribution is 2.32. The van der Waals surface area contributed by atoms with Crippen LogP contribution >= 0.6 is 0 Å². The van der Waals surface area contributed by atoms with Gasteiger partial charge in [0.1, 0.15) is 0 Å². The molecule has 1 N–H and O–H groups in total. The Hall–Kier alpha value is -3.33. The highest BCUT2D eigenvalue weighted by Gasteiger charge is 2.31. The number of hydrogen-bond donors (Lipinski definition) is 1. The van der Waals surface area contributed by atoms with Gasteiger partial charge in [-0.05, 0) is 24.3 Å². The van der Waals surface area contributed by atoms with Gasteiger partial charge < -0.3 is 9.52 Å². The van der Waals surface area contributed by atoms with E-state index in [2.05, 4.69) is 12.1 Å².